The lowest BCUT2D eigenvalue weighted by atomic mass is 9.87. The van der Waals surface area contributed by atoms with Crippen LogP contribution in [0.3, 0.4) is 0 Å². The van der Waals surface area contributed by atoms with Gasteiger partial charge in [0.2, 0.25) is 0 Å². The summed E-state index contributed by atoms with van der Waals surface area (Å²) in [6.07, 6.45) is 2.30. The van der Waals surface area contributed by atoms with E-state index in [1.807, 2.05) is 19.1 Å². The summed E-state index contributed by atoms with van der Waals surface area (Å²) in [6, 6.07) is 6.01. The number of rotatable bonds is 5. The first-order valence-corrected chi connectivity index (χ1v) is 7.76. The van der Waals surface area contributed by atoms with E-state index in [2.05, 4.69) is 28.9 Å². The second kappa shape index (κ2) is 6.73. The van der Waals surface area contributed by atoms with Gasteiger partial charge in [0.25, 0.3) is 0 Å². The van der Waals surface area contributed by atoms with E-state index < -0.39 is 0 Å². The van der Waals surface area contributed by atoms with Crippen LogP contribution in [0.1, 0.15) is 38.3 Å². The molecular formula is C15H22BrNO2. The molecule has 1 heterocycles. The third-order valence-corrected chi connectivity index (χ3v) is 4.25. The fourth-order valence-corrected chi connectivity index (χ4v) is 3.17. The Bertz CT molecular complexity index is 425. The topological polar surface area (TPSA) is 44.5 Å². The molecule has 0 aliphatic carbocycles. The second-order valence-corrected chi connectivity index (χ2v) is 5.83. The lowest BCUT2D eigenvalue weighted by Crippen LogP contribution is -2.28. The van der Waals surface area contributed by atoms with Gasteiger partial charge < -0.3 is 15.2 Å². The summed E-state index contributed by atoms with van der Waals surface area (Å²) in [5, 5.41) is 0. The van der Waals surface area contributed by atoms with Crippen LogP contribution in [0, 0.1) is 5.92 Å². The minimum atomic E-state index is -0.0356. The number of ether oxygens (including phenoxy) is 2. The first-order valence-electron chi connectivity index (χ1n) is 6.96. The van der Waals surface area contributed by atoms with E-state index in [-0.39, 0.29) is 12.1 Å². The molecule has 106 valence electrons. The van der Waals surface area contributed by atoms with Crippen LogP contribution < -0.4 is 10.5 Å². The Balaban J connectivity index is 2.26. The highest BCUT2D eigenvalue weighted by Crippen LogP contribution is 2.38. The van der Waals surface area contributed by atoms with Crippen LogP contribution in [0.15, 0.2) is 22.7 Å². The van der Waals surface area contributed by atoms with Crippen molar-refractivity contribution in [2.75, 3.05) is 13.2 Å². The molecule has 0 radical (unpaired) electrons. The molecule has 1 aliphatic heterocycles. The van der Waals surface area contributed by atoms with Crippen molar-refractivity contribution < 1.29 is 9.47 Å². The third-order valence-electron chi connectivity index (χ3n) is 3.76. The van der Waals surface area contributed by atoms with Crippen molar-refractivity contribution in [1.82, 2.24) is 0 Å². The largest absolute Gasteiger partial charge is 0.494 e. The van der Waals surface area contributed by atoms with E-state index in [0.717, 1.165) is 35.2 Å². The Kier molecular flexibility index (Phi) is 5.25. The fraction of sp³-hybridized carbons (Fsp3) is 0.600. The minimum Gasteiger partial charge on any atom is -0.494 e. The molecule has 1 fully saturated rings. The summed E-state index contributed by atoms with van der Waals surface area (Å²) in [6.45, 7) is 5.61. The van der Waals surface area contributed by atoms with Gasteiger partial charge in [0, 0.05) is 28.6 Å². The van der Waals surface area contributed by atoms with E-state index in [9.17, 15) is 0 Å². The smallest absolute Gasteiger partial charge is 0.124 e. The highest BCUT2D eigenvalue weighted by Gasteiger charge is 2.33. The van der Waals surface area contributed by atoms with Gasteiger partial charge >= 0.3 is 0 Å². The van der Waals surface area contributed by atoms with Gasteiger partial charge in [-0.1, -0.05) is 22.9 Å². The van der Waals surface area contributed by atoms with Gasteiger partial charge in [-0.25, -0.2) is 0 Å². The van der Waals surface area contributed by atoms with Crippen molar-refractivity contribution in [3.8, 4) is 5.75 Å². The summed E-state index contributed by atoms with van der Waals surface area (Å²) >= 11 is 3.51. The van der Waals surface area contributed by atoms with Gasteiger partial charge in [-0.15, -0.1) is 0 Å². The summed E-state index contributed by atoms with van der Waals surface area (Å²) in [5.41, 5.74) is 7.56. The molecule has 19 heavy (non-hydrogen) atoms. The highest BCUT2D eigenvalue weighted by atomic mass is 79.9. The molecule has 0 saturated carbocycles. The standard InChI is InChI=1S/C15H22BrNO2/c1-3-13-11(7-8-19-13)15(17)12-9-10(16)5-6-14(12)18-4-2/h5-6,9,11,13,15H,3-4,7-8,17H2,1-2H3. The minimum absolute atomic E-state index is 0.0356. The quantitative estimate of drug-likeness (QED) is 0.897. The molecule has 2 rings (SSSR count). The van der Waals surface area contributed by atoms with Gasteiger partial charge in [-0.2, -0.15) is 0 Å². The predicted molar refractivity (Wildman–Crippen MR) is 80.4 cm³/mol. The van der Waals surface area contributed by atoms with Crippen molar-refractivity contribution in [2.24, 2.45) is 11.7 Å². The Hall–Kier alpha value is -0.580. The number of nitrogens with two attached hydrogens (primary N) is 1. The van der Waals surface area contributed by atoms with Crippen molar-refractivity contribution in [2.45, 2.75) is 38.8 Å². The number of hydrogen-bond donors (Lipinski definition) is 1. The maximum absolute atomic E-state index is 6.49. The van der Waals surface area contributed by atoms with Gasteiger partial charge in [0.1, 0.15) is 5.75 Å². The van der Waals surface area contributed by atoms with E-state index in [0.29, 0.717) is 12.5 Å². The summed E-state index contributed by atoms with van der Waals surface area (Å²) in [5.74, 6) is 1.26. The molecule has 1 aromatic carbocycles. The molecule has 3 nitrogen and oxygen atoms in total. The van der Waals surface area contributed by atoms with Gasteiger partial charge in [0.05, 0.1) is 12.7 Å². The van der Waals surface area contributed by atoms with Crippen LogP contribution in [0.25, 0.3) is 0 Å². The van der Waals surface area contributed by atoms with E-state index >= 15 is 0 Å². The Labute approximate surface area is 123 Å². The molecule has 0 amide bonds. The maximum Gasteiger partial charge on any atom is 0.124 e. The monoisotopic (exact) mass is 327 g/mol. The SMILES string of the molecule is CCOc1ccc(Br)cc1C(N)C1CCOC1CC. The molecule has 1 saturated heterocycles. The molecule has 0 bridgehead atoms. The first kappa shape index (κ1) is 14.8. The number of hydrogen-bond acceptors (Lipinski definition) is 3. The summed E-state index contributed by atoms with van der Waals surface area (Å²) in [7, 11) is 0. The average Bonchev–Trinajstić information content (AvgIpc) is 2.88. The van der Waals surface area contributed by atoms with Crippen molar-refractivity contribution in [1.29, 1.82) is 0 Å². The van der Waals surface area contributed by atoms with Gasteiger partial charge in [-0.05, 0) is 38.0 Å². The lowest BCUT2D eigenvalue weighted by Gasteiger charge is -2.25. The maximum atomic E-state index is 6.49. The zero-order valence-corrected chi connectivity index (χ0v) is 13.2. The second-order valence-electron chi connectivity index (χ2n) is 4.91. The average molecular weight is 328 g/mol. The summed E-state index contributed by atoms with van der Waals surface area (Å²) in [4.78, 5) is 0. The highest BCUT2D eigenvalue weighted by molar-refractivity contribution is 9.10. The first-order chi connectivity index (χ1) is 9.17. The third kappa shape index (κ3) is 3.30. The molecule has 3 unspecified atom stereocenters. The number of benzene rings is 1. The van der Waals surface area contributed by atoms with Crippen LogP contribution in [0.2, 0.25) is 0 Å². The molecule has 0 spiro atoms. The fourth-order valence-electron chi connectivity index (χ4n) is 2.79. The number of halogens is 1. The Morgan fingerprint density at radius 1 is 1.47 bits per heavy atom. The molecule has 1 aromatic rings. The molecule has 3 atom stereocenters. The molecular weight excluding hydrogens is 306 g/mol. The van der Waals surface area contributed by atoms with E-state index in [1.54, 1.807) is 0 Å². The van der Waals surface area contributed by atoms with Crippen molar-refractivity contribution in [3.63, 3.8) is 0 Å². The Morgan fingerprint density at radius 2 is 2.26 bits per heavy atom. The van der Waals surface area contributed by atoms with Crippen molar-refractivity contribution >= 4 is 15.9 Å². The van der Waals surface area contributed by atoms with Crippen LogP contribution in [-0.2, 0) is 4.74 Å². The van der Waals surface area contributed by atoms with E-state index in [1.165, 1.54) is 0 Å². The van der Waals surface area contributed by atoms with Gasteiger partial charge in [-0.3, -0.25) is 0 Å². The lowest BCUT2D eigenvalue weighted by molar-refractivity contribution is 0.0810. The van der Waals surface area contributed by atoms with Crippen LogP contribution in [0.4, 0.5) is 0 Å². The van der Waals surface area contributed by atoms with Crippen LogP contribution in [0.5, 0.6) is 5.75 Å². The van der Waals surface area contributed by atoms with Gasteiger partial charge in [0.15, 0.2) is 0 Å². The molecule has 2 N–H and O–H groups in total. The zero-order valence-electron chi connectivity index (χ0n) is 11.6. The molecule has 0 aromatic heterocycles. The zero-order chi connectivity index (χ0) is 13.8. The predicted octanol–water partition coefficient (Wildman–Crippen LogP) is 3.66. The molecule has 1 aliphatic rings. The molecule has 4 heteroatoms. The normalized spacial score (nSPS) is 24.4. The van der Waals surface area contributed by atoms with Crippen LogP contribution in [-0.4, -0.2) is 19.3 Å². The van der Waals surface area contributed by atoms with Crippen LogP contribution >= 0.6 is 15.9 Å². The van der Waals surface area contributed by atoms with Crippen molar-refractivity contribution in [3.05, 3.63) is 28.2 Å². The summed E-state index contributed by atoms with van der Waals surface area (Å²) < 4.78 is 12.5. The Morgan fingerprint density at radius 3 is 2.95 bits per heavy atom. The van der Waals surface area contributed by atoms with E-state index in [4.69, 9.17) is 15.2 Å².